The van der Waals surface area contributed by atoms with Crippen LogP contribution in [0.4, 0.5) is 0 Å². The molecule has 15 heavy (non-hydrogen) atoms. The highest BCUT2D eigenvalue weighted by molar-refractivity contribution is 7.98. The maximum Gasteiger partial charge on any atom is 0.313 e. The molecule has 1 aromatic heterocycles. The van der Waals surface area contributed by atoms with Crippen LogP contribution in [0.25, 0.3) is 11.0 Å². The zero-order valence-corrected chi connectivity index (χ0v) is 8.65. The van der Waals surface area contributed by atoms with Gasteiger partial charge < -0.3 is 5.11 Å². The number of benzene rings is 1. The van der Waals surface area contributed by atoms with E-state index in [4.69, 9.17) is 5.11 Å². The number of thioether (sulfide) groups is 1. The van der Waals surface area contributed by atoms with E-state index in [1.165, 1.54) is 11.8 Å². The predicted octanol–water partition coefficient (Wildman–Crippen LogP) is 1.21. The third-order valence-electron chi connectivity index (χ3n) is 1.86. The Balaban J connectivity index is 2.11. The molecule has 0 spiro atoms. The van der Waals surface area contributed by atoms with Crippen molar-refractivity contribution in [3.63, 3.8) is 0 Å². The van der Waals surface area contributed by atoms with Gasteiger partial charge in [0.2, 0.25) is 0 Å². The fourth-order valence-electron chi connectivity index (χ4n) is 1.23. The quantitative estimate of drug-likeness (QED) is 0.843. The smallest absolute Gasteiger partial charge is 0.313 e. The fourth-order valence-corrected chi connectivity index (χ4v) is 1.86. The average molecular weight is 223 g/mol. The Morgan fingerprint density at radius 3 is 3.07 bits per heavy atom. The molecule has 0 radical (unpaired) electrons. The lowest BCUT2D eigenvalue weighted by Gasteiger charge is -1.99. The zero-order valence-electron chi connectivity index (χ0n) is 7.83. The number of para-hydroxylation sites is 1. The molecule has 0 aliphatic heterocycles. The lowest BCUT2D eigenvalue weighted by molar-refractivity contribution is -0.133. The Labute approximate surface area is 90.1 Å². The molecular formula is C9H9N3O2S. The summed E-state index contributed by atoms with van der Waals surface area (Å²) in [6, 6.07) is 7.59. The standard InChI is InChI=1S/C9H9N3O2S/c13-9(14)5-15-6-12-8-4-2-1-3-7(8)10-11-12/h1-4H,5-6H2,(H,13,14). The van der Waals surface area contributed by atoms with Crippen molar-refractivity contribution >= 4 is 28.8 Å². The van der Waals surface area contributed by atoms with Crippen LogP contribution in [0.2, 0.25) is 0 Å². The van der Waals surface area contributed by atoms with Crippen molar-refractivity contribution in [3.8, 4) is 0 Å². The van der Waals surface area contributed by atoms with Crippen LogP contribution in [0.3, 0.4) is 0 Å². The van der Waals surface area contributed by atoms with Crippen LogP contribution in [0, 0.1) is 0 Å². The minimum atomic E-state index is -0.815. The fraction of sp³-hybridized carbons (Fsp3) is 0.222. The summed E-state index contributed by atoms with van der Waals surface area (Å²) in [5.41, 5.74) is 1.75. The molecule has 0 atom stereocenters. The first-order chi connectivity index (χ1) is 7.27. The van der Waals surface area contributed by atoms with Gasteiger partial charge in [0.05, 0.1) is 17.1 Å². The minimum Gasteiger partial charge on any atom is -0.481 e. The van der Waals surface area contributed by atoms with Crippen LogP contribution in [-0.4, -0.2) is 31.8 Å². The summed E-state index contributed by atoms with van der Waals surface area (Å²) in [6.45, 7) is 0. The summed E-state index contributed by atoms with van der Waals surface area (Å²) >= 11 is 1.29. The molecule has 0 saturated carbocycles. The van der Waals surface area contributed by atoms with Gasteiger partial charge in [0.1, 0.15) is 5.52 Å². The predicted molar refractivity (Wildman–Crippen MR) is 57.6 cm³/mol. The number of rotatable bonds is 4. The van der Waals surface area contributed by atoms with Crippen molar-refractivity contribution in [2.24, 2.45) is 0 Å². The number of carbonyl (C=O) groups is 1. The van der Waals surface area contributed by atoms with Gasteiger partial charge in [-0.25, -0.2) is 4.68 Å². The molecule has 6 heteroatoms. The minimum absolute atomic E-state index is 0.0776. The van der Waals surface area contributed by atoms with Gasteiger partial charge in [-0.05, 0) is 12.1 Å². The Hall–Kier alpha value is -1.56. The second-order valence-electron chi connectivity index (χ2n) is 2.95. The highest BCUT2D eigenvalue weighted by Crippen LogP contribution is 2.13. The van der Waals surface area contributed by atoms with Crippen molar-refractivity contribution in [1.29, 1.82) is 0 Å². The molecule has 1 heterocycles. The van der Waals surface area contributed by atoms with E-state index in [1.807, 2.05) is 24.3 Å². The van der Waals surface area contributed by atoms with Crippen molar-refractivity contribution < 1.29 is 9.90 Å². The average Bonchev–Trinajstić information content (AvgIpc) is 2.62. The van der Waals surface area contributed by atoms with Gasteiger partial charge in [-0.15, -0.1) is 16.9 Å². The number of carboxylic acid groups (broad SMARTS) is 1. The monoisotopic (exact) mass is 223 g/mol. The van der Waals surface area contributed by atoms with Gasteiger partial charge in [0.15, 0.2) is 0 Å². The molecule has 0 amide bonds. The van der Waals surface area contributed by atoms with Crippen LogP contribution >= 0.6 is 11.8 Å². The van der Waals surface area contributed by atoms with E-state index in [0.717, 1.165) is 11.0 Å². The highest BCUT2D eigenvalue weighted by Gasteiger charge is 2.03. The second-order valence-corrected chi connectivity index (χ2v) is 3.90. The van der Waals surface area contributed by atoms with Crippen LogP contribution in [0.5, 0.6) is 0 Å². The SMILES string of the molecule is O=C(O)CSCn1nnc2ccccc21. The van der Waals surface area contributed by atoms with Gasteiger partial charge in [-0.1, -0.05) is 17.3 Å². The summed E-state index contributed by atoms with van der Waals surface area (Å²) in [4.78, 5) is 10.3. The van der Waals surface area contributed by atoms with E-state index >= 15 is 0 Å². The van der Waals surface area contributed by atoms with E-state index in [0.29, 0.717) is 5.88 Å². The van der Waals surface area contributed by atoms with Gasteiger partial charge in [-0.3, -0.25) is 4.79 Å². The number of aromatic nitrogens is 3. The van der Waals surface area contributed by atoms with Crippen LogP contribution < -0.4 is 0 Å². The lowest BCUT2D eigenvalue weighted by Crippen LogP contribution is -2.02. The van der Waals surface area contributed by atoms with Gasteiger partial charge in [0.25, 0.3) is 0 Å². The summed E-state index contributed by atoms with van der Waals surface area (Å²) in [5, 5.41) is 16.4. The number of nitrogens with zero attached hydrogens (tertiary/aromatic N) is 3. The van der Waals surface area contributed by atoms with Crippen LogP contribution in [0.1, 0.15) is 0 Å². The Morgan fingerprint density at radius 1 is 1.47 bits per heavy atom. The topological polar surface area (TPSA) is 68.0 Å². The third kappa shape index (κ3) is 2.27. The number of carboxylic acids is 1. The first-order valence-electron chi connectivity index (χ1n) is 4.35. The van der Waals surface area contributed by atoms with E-state index < -0.39 is 5.97 Å². The van der Waals surface area contributed by atoms with E-state index in [9.17, 15) is 4.79 Å². The number of fused-ring (bicyclic) bond motifs is 1. The van der Waals surface area contributed by atoms with Gasteiger partial charge >= 0.3 is 5.97 Å². The van der Waals surface area contributed by atoms with Crippen LogP contribution in [-0.2, 0) is 10.7 Å². The van der Waals surface area contributed by atoms with E-state index in [-0.39, 0.29) is 5.75 Å². The van der Waals surface area contributed by atoms with Crippen molar-refractivity contribution in [3.05, 3.63) is 24.3 Å². The molecule has 1 N–H and O–H groups in total. The maximum absolute atomic E-state index is 10.3. The van der Waals surface area contributed by atoms with E-state index in [1.54, 1.807) is 4.68 Å². The van der Waals surface area contributed by atoms with Gasteiger partial charge in [0, 0.05) is 0 Å². The summed E-state index contributed by atoms with van der Waals surface area (Å²) < 4.78 is 1.70. The molecule has 0 aliphatic rings. The number of hydrogen-bond acceptors (Lipinski definition) is 4. The van der Waals surface area contributed by atoms with Gasteiger partial charge in [-0.2, -0.15) is 0 Å². The molecule has 2 rings (SSSR count). The Bertz CT molecular complexity index is 483. The molecule has 0 fully saturated rings. The maximum atomic E-state index is 10.3. The largest absolute Gasteiger partial charge is 0.481 e. The first kappa shape index (κ1) is 9.97. The molecule has 5 nitrogen and oxygen atoms in total. The second kappa shape index (κ2) is 4.31. The molecule has 0 bridgehead atoms. The third-order valence-corrected chi connectivity index (χ3v) is 2.74. The Kier molecular flexibility index (Phi) is 2.86. The number of hydrogen-bond donors (Lipinski definition) is 1. The highest BCUT2D eigenvalue weighted by atomic mass is 32.2. The van der Waals surface area contributed by atoms with Crippen LogP contribution in [0.15, 0.2) is 24.3 Å². The molecule has 0 aliphatic carbocycles. The molecule has 0 saturated heterocycles. The Morgan fingerprint density at radius 2 is 2.27 bits per heavy atom. The summed E-state index contributed by atoms with van der Waals surface area (Å²) in [6.07, 6.45) is 0. The molecule has 78 valence electrons. The summed E-state index contributed by atoms with van der Waals surface area (Å²) in [7, 11) is 0. The van der Waals surface area contributed by atoms with Crippen molar-refractivity contribution in [2.45, 2.75) is 5.88 Å². The number of aliphatic carboxylic acids is 1. The molecule has 1 aromatic carbocycles. The van der Waals surface area contributed by atoms with Crippen molar-refractivity contribution in [2.75, 3.05) is 5.75 Å². The first-order valence-corrected chi connectivity index (χ1v) is 5.50. The molecule has 2 aromatic rings. The molecule has 0 unspecified atom stereocenters. The normalized spacial score (nSPS) is 10.7. The zero-order chi connectivity index (χ0) is 10.7. The lowest BCUT2D eigenvalue weighted by atomic mass is 10.3. The van der Waals surface area contributed by atoms with E-state index in [2.05, 4.69) is 10.3 Å². The summed E-state index contributed by atoms with van der Waals surface area (Å²) in [5.74, 6) is -0.231. The molecular weight excluding hydrogens is 214 g/mol. The van der Waals surface area contributed by atoms with Crippen molar-refractivity contribution in [1.82, 2.24) is 15.0 Å².